The number of phenols is 1. The molecule has 1 aliphatic rings. The van der Waals surface area contributed by atoms with E-state index in [-0.39, 0.29) is 17.0 Å². The summed E-state index contributed by atoms with van der Waals surface area (Å²) < 4.78 is 4.88. The van der Waals surface area contributed by atoms with E-state index in [9.17, 15) is 24.8 Å². The maximum atomic E-state index is 12.2. The number of nitrogens with zero attached hydrogens (tertiary/aromatic N) is 2. The quantitative estimate of drug-likeness (QED) is 0.367. The van der Waals surface area contributed by atoms with Gasteiger partial charge in [0.25, 0.3) is 11.1 Å². The van der Waals surface area contributed by atoms with Crippen LogP contribution in [0.25, 0.3) is 6.08 Å². The topological polar surface area (TPSA) is 110 Å². The van der Waals surface area contributed by atoms with E-state index in [0.29, 0.717) is 13.0 Å². The molecule has 2 rings (SSSR count). The molecule has 0 spiro atoms. The number of benzene rings is 1. The smallest absolute Gasteiger partial charge is 0.311 e. The molecule has 0 bridgehead atoms. The van der Waals surface area contributed by atoms with Crippen LogP contribution in [-0.2, 0) is 9.53 Å². The molecule has 0 atom stereocenters. The molecule has 0 unspecified atom stereocenters. The van der Waals surface area contributed by atoms with Crippen LogP contribution in [0.5, 0.6) is 5.75 Å². The Labute approximate surface area is 135 Å². The summed E-state index contributed by atoms with van der Waals surface area (Å²) in [6, 6.07) is 3.98. The average molecular weight is 338 g/mol. The minimum Gasteiger partial charge on any atom is -0.502 e. The Kier molecular flexibility index (Phi) is 5.35. The Morgan fingerprint density at radius 3 is 2.83 bits per heavy atom. The average Bonchev–Trinajstić information content (AvgIpc) is 2.76. The van der Waals surface area contributed by atoms with Gasteiger partial charge in [0, 0.05) is 31.9 Å². The van der Waals surface area contributed by atoms with Gasteiger partial charge < -0.3 is 9.84 Å². The molecule has 1 fully saturated rings. The number of methoxy groups -OCH3 is 1. The van der Waals surface area contributed by atoms with Crippen LogP contribution < -0.4 is 0 Å². The van der Waals surface area contributed by atoms with Crippen molar-refractivity contribution in [3.63, 3.8) is 0 Å². The number of nitro groups is 1. The minimum atomic E-state index is -0.719. The number of phenolic OH excluding ortho intramolecular Hbond substituents is 1. The normalized spacial score (nSPS) is 16.4. The summed E-state index contributed by atoms with van der Waals surface area (Å²) in [5.74, 6) is -1.02. The second-order valence-corrected chi connectivity index (χ2v) is 5.64. The zero-order chi connectivity index (χ0) is 17.0. The van der Waals surface area contributed by atoms with E-state index in [1.165, 1.54) is 25.3 Å². The molecule has 1 N–H and O–H groups in total. The summed E-state index contributed by atoms with van der Waals surface area (Å²) in [6.07, 6.45) is 1.80. The number of ether oxygens (including phenoxy) is 1. The van der Waals surface area contributed by atoms with Crippen molar-refractivity contribution >= 4 is 34.7 Å². The first kappa shape index (κ1) is 17.0. The highest BCUT2D eigenvalue weighted by Gasteiger charge is 2.34. The van der Waals surface area contributed by atoms with Gasteiger partial charge >= 0.3 is 5.69 Å². The zero-order valence-corrected chi connectivity index (χ0v) is 13.0. The highest BCUT2D eigenvalue weighted by molar-refractivity contribution is 8.18. The molecule has 1 aliphatic heterocycles. The van der Waals surface area contributed by atoms with Crippen LogP contribution in [0.15, 0.2) is 23.1 Å². The molecule has 23 heavy (non-hydrogen) atoms. The van der Waals surface area contributed by atoms with Crippen molar-refractivity contribution in [2.24, 2.45) is 0 Å². The van der Waals surface area contributed by atoms with Gasteiger partial charge in [-0.05, 0) is 24.3 Å². The Bertz CT molecular complexity index is 688. The van der Waals surface area contributed by atoms with Gasteiger partial charge in [0.1, 0.15) is 0 Å². The Morgan fingerprint density at radius 2 is 2.17 bits per heavy atom. The second kappa shape index (κ2) is 7.25. The van der Waals surface area contributed by atoms with Crippen molar-refractivity contribution in [1.82, 2.24) is 4.90 Å². The molecule has 0 radical (unpaired) electrons. The number of carbonyl (C=O) groups excluding carboxylic acids is 2. The number of imide groups is 1. The Balaban J connectivity index is 2.24. The lowest BCUT2D eigenvalue weighted by molar-refractivity contribution is -0.385. The number of aromatic hydroxyl groups is 1. The molecule has 0 aliphatic carbocycles. The largest absolute Gasteiger partial charge is 0.502 e. The van der Waals surface area contributed by atoms with Crippen molar-refractivity contribution < 1.29 is 24.4 Å². The van der Waals surface area contributed by atoms with E-state index in [2.05, 4.69) is 0 Å². The summed E-state index contributed by atoms with van der Waals surface area (Å²) in [7, 11) is 1.53. The van der Waals surface area contributed by atoms with E-state index in [4.69, 9.17) is 4.74 Å². The van der Waals surface area contributed by atoms with Gasteiger partial charge in [0.15, 0.2) is 0 Å². The fourth-order valence-electron chi connectivity index (χ4n) is 2.01. The van der Waals surface area contributed by atoms with Crippen LogP contribution in [0.3, 0.4) is 0 Å². The predicted octanol–water partition coefficient (Wildman–Crippen LogP) is 2.37. The van der Waals surface area contributed by atoms with E-state index in [1.54, 1.807) is 0 Å². The Morgan fingerprint density at radius 1 is 1.43 bits per heavy atom. The molecule has 9 heteroatoms. The number of para-hydroxylation sites is 1. The second-order valence-electron chi connectivity index (χ2n) is 4.65. The number of amides is 2. The number of hydrogen-bond donors (Lipinski definition) is 1. The molecule has 0 saturated carbocycles. The number of nitro benzene ring substituents is 1. The van der Waals surface area contributed by atoms with Gasteiger partial charge in [0.05, 0.1) is 9.83 Å². The van der Waals surface area contributed by atoms with Gasteiger partial charge in [-0.2, -0.15) is 0 Å². The SMILES string of the molecule is COCCCN1C(=O)S/C(=C/c2cccc([N+](=O)[O-])c2O)C1=O. The maximum Gasteiger partial charge on any atom is 0.311 e. The predicted molar refractivity (Wildman–Crippen MR) is 83.9 cm³/mol. The standard InChI is InChI=1S/C14H14N2O6S/c1-22-7-3-6-15-13(18)11(23-14(15)19)8-9-4-2-5-10(12(9)17)16(20)21/h2,4-5,8,17H,3,6-7H2,1H3/b11-8+. The van der Waals surface area contributed by atoms with Crippen molar-refractivity contribution in [3.8, 4) is 5.75 Å². The first-order chi connectivity index (χ1) is 11.0. The third-order valence-electron chi connectivity index (χ3n) is 3.13. The van der Waals surface area contributed by atoms with Gasteiger partial charge in [-0.3, -0.25) is 24.6 Å². The monoisotopic (exact) mass is 338 g/mol. The van der Waals surface area contributed by atoms with E-state index < -0.39 is 27.5 Å². The van der Waals surface area contributed by atoms with Gasteiger partial charge in [-0.1, -0.05) is 12.1 Å². The molecule has 1 heterocycles. The van der Waals surface area contributed by atoms with Crippen LogP contribution >= 0.6 is 11.8 Å². The van der Waals surface area contributed by atoms with Gasteiger partial charge in [-0.15, -0.1) is 0 Å². The fraction of sp³-hybridized carbons (Fsp3) is 0.286. The summed E-state index contributed by atoms with van der Waals surface area (Å²) in [4.78, 5) is 35.3. The van der Waals surface area contributed by atoms with Crippen molar-refractivity contribution in [2.75, 3.05) is 20.3 Å². The third-order valence-corrected chi connectivity index (χ3v) is 4.04. The summed E-state index contributed by atoms with van der Waals surface area (Å²) >= 11 is 0.734. The van der Waals surface area contributed by atoms with Crippen LogP contribution in [0.1, 0.15) is 12.0 Å². The lowest BCUT2D eigenvalue weighted by Crippen LogP contribution is -2.29. The van der Waals surface area contributed by atoms with E-state index in [1.807, 2.05) is 0 Å². The first-order valence-electron chi connectivity index (χ1n) is 6.66. The molecule has 122 valence electrons. The zero-order valence-electron chi connectivity index (χ0n) is 12.2. The molecular formula is C14H14N2O6S. The molecular weight excluding hydrogens is 324 g/mol. The Hall–Kier alpha value is -2.39. The lowest BCUT2D eigenvalue weighted by atomic mass is 10.1. The number of thioether (sulfide) groups is 1. The van der Waals surface area contributed by atoms with Crippen molar-refractivity contribution in [1.29, 1.82) is 0 Å². The number of carbonyl (C=O) groups is 2. The molecule has 1 aromatic carbocycles. The molecule has 8 nitrogen and oxygen atoms in total. The summed E-state index contributed by atoms with van der Waals surface area (Å²) in [5.41, 5.74) is -0.348. The highest BCUT2D eigenvalue weighted by atomic mass is 32.2. The molecule has 1 aromatic rings. The van der Waals surface area contributed by atoms with Crippen molar-refractivity contribution in [2.45, 2.75) is 6.42 Å². The van der Waals surface area contributed by atoms with Gasteiger partial charge in [0.2, 0.25) is 5.75 Å². The van der Waals surface area contributed by atoms with E-state index >= 15 is 0 Å². The lowest BCUT2D eigenvalue weighted by Gasteiger charge is -2.11. The minimum absolute atomic E-state index is 0.113. The van der Waals surface area contributed by atoms with Crippen molar-refractivity contribution in [3.05, 3.63) is 38.8 Å². The van der Waals surface area contributed by atoms with Crippen LogP contribution in [-0.4, -0.2) is 46.3 Å². The van der Waals surface area contributed by atoms with Gasteiger partial charge in [-0.25, -0.2) is 0 Å². The number of rotatable bonds is 6. The van der Waals surface area contributed by atoms with Crippen LogP contribution in [0, 0.1) is 10.1 Å². The molecule has 1 saturated heterocycles. The molecule has 2 amide bonds. The molecule has 0 aromatic heterocycles. The maximum absolute atomic E-state index is 12.2. The van der Waals surface area contributed by atoms with Crippen LogP contribution in [0.4, 0.5) is 10.5 Å². The highest BCUT2D eigenvalue weighted by Crippen LogP contribution is 2.36. The summed E-state index contributed by atoms with van der Waals surface area (Å²) in [6.45, 7) is 0.656. The van der Waals surface area contributed by atoms with E-state index in [0.717, 1.165) is 22.7 Å². The van der Waals surface area contributed by atoms with Crippen LogP contribution in [0.2, 0.25) is 0 Å². The first-order valence-corrected chi connectivity index (χ1v) is 7.48. The summed E-state index contributed by atoms with van der Waals surface area (Å²) in [5, 5.41) is 20.3. The fourth-order valence-corrected chi connectivity index (χ4v) is 2.87. The number of hydrogen-bond acceptors (Lipinski definition) is 7. The third kappa shape index (κ3) is 3.69.